The quantitative estimate of drug-likeness (QED) is 0.105. The lowest BCUT2D eigenvalue weighted by Gasteiger charge is -2.50. The highest BCUT2D eigenvalue weighted by atomic mass is 32.2. The zero-order valence-corrected chi connectivity index (χ0v) is 20.9. The van der Waals surface area contributed by atoms with E-state index in [9.17, 15) is 39.5 Å². The van der Waals surface area contributed by atoms with Gasteiger partial charge in [-0.15, -0.1) is 23.1 Å². The molecule has 1 fully saturated rings. The first kappa shape index (κ1) is 26.6. The van der Waals surface area contributed by atoms with Crippen molar-refractivity contribution in [3.8, 4) is 0 Å². The monoisotopic (exact) mass is 562 g/mol. The lowest BCUT2D eigenvalue weighted by atomic mass is 10.0. The Bertz CT molecular complexity index is 1370. The van der Waals surface area contributed by atoms with Crippen molar-refractivity contribution in [2.24, 2.45) is 5.16 Å². The molecule has 3 amide bonds. The number of carboxylic acids is 1. The molecule has 38 heavy (non-hydrogen) atoms. The largest absolute Gasteiger partial charge is 0.509 e. The van der Waals surface area contributed by atoms with Crippen LogP contribution in [0.25, 0.3) is 0 Å². The Morgan fingerprint density at radius 1 is 1.34 bits per heavy atom. The number of non-ortho nitro benzene ring substituents is 1. The predicted molar refractivity (Wildman–Crippen MR) is 133 cm³/mol. The molecule has 15 nitrogen and oxygen atoms in total. The summed E-state index contributed by atoms with van der Waals surface area (Å²) in [6.07, 6.45) is 0.514. The van der Waals surface area contributed by atoms with Gasteiger partial charge in [0.25, 0.3) is 17.5 Å². The number of fused-ring (bicyclic) bond motifs is 1. The van der Waals surface area contributed by atoms with Gasteiger partial charge >= 0.3 is 5.97 Å². The molecular weight excluding hydrogens is 544 g/mol. The van der Waals surface area contributed by atoms with Crippen molar-refractivity contribution < 1.29 is 39.2 Å². The van der Waals surface area contributed by atoms with Gasteiger partial charge in [-0.05, 0) is 12.0 Å². The van der Waals surface area contributed by atoms with E-state index in [0.717, 1.165) is 28.0 Å². The summed E-state index contributed by atoms with van der Waals surface area (Å²) < 4.78 is 0. The number of aromatic nitrogens is 1. The van der Waals surface area contributed by atoms with Crippen molar-refractivity contribution in [2.75, 3.05) is 12.4 Å². The van der Waals surface area contributed by atoms with Crippen LogP contribution in [-0.4, -0.2) is 78.7 Å². The van der Waals surface area contributed by atoms with Crippen LogP contribution >= 0.6 is 23.1 Å². The molecule has 2 aromatic rings. The number of β-lactam (4-membered cyclic amide) rings is 1. The molecule has 1 aromatic carbocycles. The fourth-order valence-corrected chi connectivity index (χ4v) is 6.01. The fraction of sp³-hybridized carbons (Fsp3) is 0.238. The molecule has 2 unspecified atom stereocenters. The highest BCUT2D eigenvalue weighted by Crippen LogP contribution is 2.44. The van der Waals surface area contributed by atoms with Crippen molar-refractivity contribution in [2.45, 2.75) is 23.1 Å². The number of anilines is 1. The van der Waals surface area contributed by atoms with Crippen LogP contribution in [0.1, 0.15) is 11.3 Å². The number of rotatable bonds is 10. The number of nitro groups is 1. The van der Waals surface area contributed by atoms with E-state index >= 15 is 0 Å². The summed E-state index contributed by atoms with van der Waals surface area (Å²) in [5, 5.41) is 39.7. The van der Waals surface area contributed by atoms with Crippen LogP contribution in [0.2, 0.25) is 0 Å². The third-order valence-corrected chi connectivity index (χ3v) is 7.77. The van der Waals surface area contributed by atoms with Crippen molar-refractivity contribution in [3.05, 3.63) is 62.5 Å². The number of nitrogens with zero attached hydrogens (tertiary/aromatic N) is 4. The van der Waals surface area contributed by atoms with E-state index in [2.05, 4.69) is 20.8 Å². The molecule has 0 aliphatic carbocycles. The molecule has 1 aromatic heterocycles. The Labute approximate surface area is 221 Å². The van der Waals surface area contributed by atoms with Gasteiger partial charge in [-0.25, -0.2) is 9.78 Å². The summed E-state index contributed by atoms with van der Waals surface area (Å²) >= 11 is 2.08. The average Bonchev–Trinajstić information content (AvgIpc) is 3.35. The number of thioether (sulfide) groups is 1. The van der Waals surface area contributed by atoms with Crippen molar-refractivity contribution in [3.63, 3.8) is 0 Å². The molecule has 17 heteroatoms. The van der Waals surface area contributed by atoms with Gasteiger partial charge in [0.05, 0.1) is 10.2 Å². The molecule has 0 radical (unpaired) electrons. The minimum Gasteiger partial charge on any atom is -0.509 e. The number of hydrogen-bond acceptors (Lipinski definition) is 12. The van der Waals surface area contributed by atoms with Crippen LogP contribution in [0, 0.1) is 10.1 Å². The average molecular weight is 563 g/mol. The molecule has 3 heterocycles. The number of hydrogen-bond donors (Lipinski definition) is 4. The lowest BCUT2D eigenvalue weighted by molar-refractivity contribution is -0.384. The normalized spacial score (nSPS) is 20.8. The van der Waals surface area contributed by atoms with Crippen LogP contribution < -0.4 is 10.6 Å². The summed E-state index contributed by atoms with van der Waals surface area (Å²) in [7, 11) is 1.20. The summed E-state index contributed by atoms with van der Waals surface area (Å²) in [4.78, 5) is 68.4. The molecule has 0 bridgehead atoms. The number of oxime groups is 1. The predicted octanol–water partition coefficient (Wildman–Crippen LogP) is 0.836. The topological polar surface area (TPSA) is 214 Å². The second kappa shape index (κ2) is 10.9. The highest BCUT2D eigenvalue weighted by molar-refractivity contribution is 8.00. The van der Waals surface area contributed by atoms with E-state index < -0.39 is 50.8 Å². The Kier molecular flexibility index (Phi) is 7.58. The molecule has 2 aliphatic heterocycles. The van der Waals surface area contributed by atoms with Crippen LogP contribution in [-0.2, 0) is 30.4 Å². The van der Waals surface area contributed by atoms with Crippen LogP contribution in [0.5, 0.6) is 0 Å². The van der Waals surface area contributed by atoms with Gasteiger partial charge in [0.1, 0.15) is 30.0 Å². The standard InChI is InChI=1S/C21H18N6O9S2/c1-36-25-13(11-7-37-21(23-11)22-8-28)17(30)24-14-18(31)26-15(20(32)33)16(29)12(38-19(14)26)6-9-2-4-10(5-3-9)27(34)35/h2-5,7-8,12,14,19,29H,6H2,1H3,(H,24,30)(H,32,33)(H,22,23,28)/t12?,14?,19-/m1/s1. The SMILES string of the molecule is CON=C(C(=O)NC1C(=O)N2C(C(=O)O)=C(O)C(Cc3ccc([N+](=O)[O-])cc3)S[C@H]12)c1csc(NC=O)n1. The molecule has 0 saturated carbocycles. The number of aliphatic hydroxyl groups excluding tert-OH is 1. The summed E-state index contributed by atoms with van der Waals surface area (Å²) in [6.45, 7) is 0. The maximum absolute atomic E-state index is 13.0. The summed E-state index contributed by atoms with van der Waals surface area (Å²) in [5.41, 5.74) is -0.363. The third-order valence-electron chi connectivity index (χ3n) is 5.52. The smallest absolute Gasteiger partial charge is 0.356 e. The number of thiazole rings is 1. The van der Waals surface area contributed by atoms with Gasteiger partial charge < -0.3 is 25.7 Å². The van der Waals surface area contributed by atoms with Gasteiger partial charge in [0.15, 0.2) is 16.5 Å². The Morgan fingerprint density at radius 3 is 2.66 bits per heavy atom. The zero-order chi connectivity index (χ0) is 27.6. The van der Waals surface area contributed by atoms with Gasteiger partial charge in [-0.3, -0.25) is 29.4 Å². The number of carbonyl (C=O) groups is 4. The number of nitro benzene ring substituents is 1. The summed E-state index contributed by atoms with van der Waals surface area (Å²) in [5.74, 6) is -3.66. The number of aliphatic carboxylic acids is 1. The first-order valence-electron chi connectivity index (χ1n) is 10.6. The van der Waals surface area contributed by atoms with E-state index in [1.807, 2.05) is 0 Å². The maximum atomic E-state index is 13.0. The van der Waals surface area contributed by atoms with Crippen molar-refractivity contribution >= 4 is 63.8 Å². The minimum absolute atomic E-state index is 0.0680. The number of aliphatic hydroxyl groups is 1. The van der Waals surface area contributed by atoms with E-state index in [4.69, 9.17) is 4.84 Å². The van der Waals surface area contributed by atoms with Gasteiger partial charge in [0.2, 0.25) is 6.41 Å². The van der Waals surface area contributed by atoms with Crippen LogP contribution in [0.4, 0.5) is 10.8 Å². The first-order chi connectivity index (χ1) is 18.2. The molecular formula is C21H18N6O9S2. The molecule has 2 aliphatic rings. The second-order valence-electron chi connectivity index (χ2n) is 7.76. The van der Waals surface area contributed by atoms with Gasteiger partial charge in [-0.2, -0.15) is 0 Å². The van der Waals surface area contributed by atoms with Crippen molar-refractivity contribution in [1.82, 2.24) is 15.2 Å². The second-order valence-corrected chi connectivity index (χ2v) is 9.95. The first-order valence-corrected chi connectivity index (χ1v) is 12.4. The van der Waals surface area contributed by atoms with Gasteiger partial charge in [-0.1, -0.05) is 17.3 Å². The molecule has 4 N–H and O–H groups in total. The Hall–Kier alpha value is -4.51. The number of nitrogens with one attached hydrogen (secondary N) is 2. The Morgan fingerprint density at radius 2 is 2.05 bits per heavy atom. The number of carbonyl (C=O) groups excluding carboxylic acids is 3. The molecule has 1 saturated heterocycles. The van der Waals surface area contributed by atoms with Crippen molar-refractivity contribution in [1.29, 1.82) is 0 Å². The zero-order valence-electron chi connectivity index (χ0n) is 19.3. The lowest BCUT2D eigenvalue weighted by Crippen LogP contribution is -2.71. The van der Waals surface area contributed by atoms with E-state index in [1.165, 1.54) is 36.8 Å². The number of benzene rings is 1. The minimum atomic E-state index is -1.53. The number of amides is 3. The fourth-order valence-electron chi connectivity index (χ4n) is 3.81. The molecule has 4 rings (SSSR count). The molecule has 0 spiro atoms. The summed E-state index contributed by atoms with van der Waals surface area (Å²) in [6, 6.07) is 4.38. The van der Waals surface area contributed by atoms with E-state index in [0.29, 0.717) is 12.0 Å². The van der Waals surface area contributed by atoms with E-state index in [1.54, 1.807) is 0 Å². The maximum Gasteiger partial charge on any atom is 0.356 e. The third kappa shape index (κ3) is 5.00. The van der Waals surface area contributed by atoms with Gasteiger partial charge in [0, 0.05) is 17.5 Å². The Balaban J connectivity index is 1.55. The molecule has 198 valence electrons. The van der Waals surface area contributed by atoms with Crippen LogP contribution in [0.3, 0.4) is 0 Å². The van der Waals surface area contributed by atoms with E-state index in [-0.39, 0.29) is 28.6 Å². The number of carboxylic acid groups (broad SMARTS) is 1. The van der Waals surface area contributed by atoms with Crippen LogP contribution in [0.15, 0.2) is 46.3 Å². The highest BCUT2D eigenvalue weighted by Gasteiger charge is 2.56. The molecule has 3 atom stereocenters.